The van der Waals surface area contributed by atoms with Crippen LogP contribution < -0.4 is 9.30 Å². The van der Waals surface area contributed by atoms with Crippen LogP contribution in [0, 0.1) is 17.8 Å². The van der Waals surface area contributed by atoms with Crippen LogP contribution in [0.3, 0.4) is 0 Å². The molecule has 3 heterocycles. The number of rotatable bonds is 2. The van der Waals surface area contributed by atoms with Gasteiger partial charge in [-0.1, -0.05) is 65.8 Å². The average molecular weight is 490 g/mol. The minimum atomic E-state index is 0.0954. The van der Waals surface area contributed by atoms with E-state index in [0.717, 1.165) is 29.9 Å². The maximum Gasteiger partial charge on any atom is 0.228 e. The Labute approximate surface area is 220 Å². The molecule has 3 nitrogen and oxygen atoms in total. The number of fused-ring (bicyclic) bond motifs is 5. The number of nitrogens with zero attached hydrogens (tertiary/aromatic N) is 2. The van der Waals surface area contributed by atoms with Gasteiger partial charge in [-0.3, -0.25) is 4.98 Å². The highest BCUT2D eigenvalue weighted by Crippen LogP contribution is 2.52. The zero-order valence-electron chi connectivity index (χ0n) is 23.4. The van der Waals surface area contributed by atoms with Gasteiger partial charge in [-0.2, -0.15) is 0 Å². The Balaban J connectivity index is 1.72. The molecule has 0 atom stereocenters. The van der Waals surface area contributed by atoms with Gasteiger partial charge in [-0.05, 0) is 64.6 Å². The minimum absolute atomic E-state index is 0.0954. The molecule has 6 rings (SSSR count). The Morgan fingerprint density at radius 3 is 2.35 bits per heavy atom. The lowest BCUT2D eigenvalue weighted by Gasteiger charge is -2.28. The van der Waals surface area contributed by atoms with Crippen LogP contribution in [-0.4, -0.2) is 4.98 Å². The summed E-state index contributed by atoms with van der Waals surface area (Å²) in [5, 5.41) is 6.18. The van der Waals surface area contributed by atoms with E-state index in [4.69, 9.17) is 9.72 Å². The molecule has 0 radical (unpaired) electrons. The Kier molecular flexibility index (Phi) is 5.18. The lowest BCUT2D eigenvalue weighted by atomic mass is 9.82. The van der Waals surface area contributed by atoms with Crippen molar-refractivity contribution in [3.63, 3.8) is 0 Å². The molecule has 0 saturated heterocycles. The highest BCUT2D eigenvalue weighted by molar-refractivity contribution is 6.16. The lowest BCUT2D eigenvalue weighted by molar-refractivity contribution is -0.659. The predicted molar refractivity (Wildman–Crippen MR) is 154 cm³/mol. The average Bonchev–Trinajstić information content (AvgIpc) is 2.81. The standard InChI is InChI=1S/C34H37N2O/c1-20-23-10-9-14-35-30(23)26(19-34(5,6)7)32-28(20)31-29-24(13-15-36(31)8)25-16-21(18-33(2,3)4)11-12-22(25)17-27(29)37-32/h9-17H,18-19H2,1-8H3/q+1. The molecule has 0 saturated carbocycles. The van der Waals surface area contributed by atoms with Crippen LogP contribution in [0.5, 0.6) is 11.5 Å². The van der Waals surface area contributed by atoms with Crippen LogP contribution in [0.15, 0.2) is 54.9 Å². The molecule has 188 valence electrons. The summed E-state index contributed by atoms with van der Waals surface area (Å²) in [5.74, 6) is 1.91. The van der Waals surface area contributed by atoms with E-state index in [-0.39, 0.29) is 10.8 Å². The SMILES string of the molecule is Cc1c2c(c(CC(C)(C)C)c3ncccc13)Oc1cc3ccc(CC(C)(C)C)cc3c3cc[n+](C)c-2c13. The van der Waals surface area contributed by atoms with Gasteiger partial charge < -0.3 is 4.74 Å². The molecule has 5 aromatic rings. The second-order valence-corrected chi connectivity index (χ2v) is 13.3. The molecule has 1 aliphatic heterocycles. The fourth-order valence-electron chi connectivity index (χ4n) is 6.12. The monoisotopic (exact) mass is 489 g/mol. The van der Waals surface area contributed by atoms with Crippen molar-refractivity contribution in [2.45, 2.75) is 61.3 Å². The molecule has 0 unspecified atom stereocenters. The van der Waals surface area contributed by atoms with E-state index < -0.39 is 0 Å². The highest BCUT2D eigenvalue weighted by atomic mass is 16.5. The van der Waals surface area contributed by atoms with Gasteiger partial charge in [0.1, 0.15) is 18.5 Å². The number of benzene rings is 3. The Morgan fingerprint density at radius 2 is 1.62 bits per heavy atom. The topological polar surface area (TPSA) is 26.0 Å². The van der Waals surface area contributed by atoms with Crippen LogP contribution in [0.2, 0.25) is 0 Å². The largest absolute Gasteiger partial charge is 0.455 e. The zero-order chi connectivity index (χ0) is 26.3. The molecule has 1 aliphatic rings. The summed E-state index contributed by atoms with van der Waals surface area (Å²) in [6.45, 7) is 16.0. The summed E-state index contributed by atoms with van der Waals surface area (Å²) < 4.78 is 9.21. The van der Waals surface area contributed by atoms with Gasteiger partial charge in [0, 0.05) is 28.6 Å². The van der Waals surface area contributed by atoms with E-state index >= 15 is 0 Å². The Bertz CT molecular complexity index is 1730. The van der Waals surface area contributed by atoms with E-state index in [1.165, 1.54) is 54.9 Å². The number of pyridine rings is 2. The van der Waals surface area contributed by atoms with Crippen molar-refractivity contribution in [3.8, 4) is 22.8 Å². The number of hydrogen-bond donors (Lipinski definition) is 0. The van der Waals surface area contributed by atoms with Crippen LogP contribution in [0.25, 0.3) is 43.7 Å². The van der Waals surface area contributed by atoms with Crippen LogP contribution in [0.1, 0.15) is 58.2 Å². The van der Waals surface area contributed by atoms with Crippen molar-refractivity contribution in [1.29, 1.82) is 0 Å². The van der Waals surface area contributed by atoms with E-state index in [0.29, 0.717) is 0 Å². The van der Waals surface area contributed by atoms with Gasteiger partial charge in [-0.15, -0.1) is 0 Å². The first-order valence-corrected chi connectivity index (χ1v) is 13.4. The fraction of sp³-hybridized carbons (Fsp3) is 0.353. The third kappa shape index (κ3) is 3.96. The van der Waals surface area contributed by atoms with Crippen molar-refractivity contribution in [2.24, 2.45) is 17.9 Å². The molecule has 0 bridgehead atoms. The summed E-state index contributed by atoms with van der Waals surface area (Å²) in [4.78, 5) is 4.86. The zero-order valence-corrected chi connectivity index (χ0v) is 23.4. The van der Waals surface area contributed by atoms with Crippen LogP contribution in [-0.2, 0) is 19.9 Å². The van der Waals surface area contributed by atoms with Crippen LogP contribution >= 0.6 is 0 Å². The molecule has 2 aromatic heterocycles. The Morgan fingerprint density at radius 1 is 0.865 bits per heavy atom. The molecular formula is C34H37N2O+. The van der Waals surface area contributed by atoms with Gasteiger partial charge >= 0.3 is 0 Å². The minimum Gasteiger partial charge on any atom is -0.455 e. The second kappa shape index (κ2) is 8.02. The van der Waals surface area contributed by atoms with Gasteiger partial charge in [-0.25, -0.2) is 4.57 Å². The summed E-state index contributed by atoms with van der Waals surface area (Å²) in [5.41, 5.74) is 7.63. The van der Waals surface area contributed by atoms with Crippen molar-refractivity contribution in [3.05, 3.63) is 71.5 Å². The van der Waals surface area contributed by atoms with Crippen molar-refractivity contribution >= 4 is 32.4 Å². The summed E-state index contributed by atoms with van der Waals surface area (Å²) in [6.07, 6.45) is 6.05. The third-order valence-corrected chi connectivity index (χ3v) is 7.53. The first-order valence-electron chi connectivity index (χ1n) is 13.4. The summed E-state index contributed by atoms with van der Waals surface area (Å²) >= 11 is 0. The van der Waals surface area contributed by atoms with Gasteiger partial charge in [0.05, 0.1) is 16.5 Å². The van der Waals surface area contributed by atoms with E-state index in [2.05, 4.69) is 103 Å². The summed E-state index contributed by atoms with van der Waals surface area (Å²) in [7, 11) is 2.16. The molecule has 0 N–H and O–H groups in total. The van der Waals surface area contributed by atoms with E-state index in [9.17, 15) is 0 Å². The lowest BCUT2D eigenvalue weighted by Crippen LogP contribution is -2.32. The quantitative estimate of drug-likeness (QED) is 0.180. The Hall–Kier alpha value is -3.46. The number of hydrogen-bond acceptors (Lipinski definition) is 2. The van der Waals surface area contributed by atoms with E-state index in [1.807, 2.05) is 12.3 Å². The van der Waals surface area contributed by atoms with Crippen molar-refractivity contribution in [2.75, 3.05) is 0 Å². The maximum absolute atomic E-state index is 6.94. The highest BCUT2D eigenvalue weighted by Gasteiger charge is 2.34. The number of ether oxygens (including phenoxy) is 1. The van der Waals surface area contributed by atoms with Gasteiger partial charge in [0.2, 0.25) is 5.69 Å². The number of aryl methyl sites for hydroxylation is 2. The molecular weight excluding hydrogens is 452 g/mol. The van der Waals surface area contributed by atoms with Gasteiger partial charge in [0.25, 0.3) is 0 Å². The molecule has 3 aromatic carbocycles. The normalized spacial score (nSPS) is 13.3. The van der Waals surface area contributed by atoms with E-state index in [1.54, 1.807) is 0 Å². The molecule has 0 amide bonds. The second-order valence-electron chi connectivity index (χ2n) is 13.3. The van der Waals surface area contributed by atoms with Crippen LogP contribution in [0.4, 0.5) is 0 Å². The first kappa shape index (κ1) is 23.9. The van der Waals surface area contributed by atoms with Crippen molar-refractivity contribution in [1.82, 2.24) is 4.98 Å². The maximum atomic E-state index is 6.94. The molecule has 37 heavy (non-hydrogen) atoms. The smallest absolute Gasteiger partial charge is 0.228 e. The number of aromatic nitrogens is 2. The first-order chi connectivity index (χ1) is 17.4. The van der Waals surface area contributed by atoms with Gasteiger partial charge in [0.15, 0.2) is 6.20 Å². The molecule has 3 heteroatoms. The molecule has 0 spiro atoms. The summed E-state index contributed by atoms with van der Waals surface area (Å²) in [6, 6.07) is 15.7. The fourth-order valence-corrected chi connectivity index (χ4v) is 6.12. The van der Waals surface area contributed by atoms with Crippen molar-refractivity contribution < 1.29 is 9.30 Å². The molecule has 0 fully saturated rings. The third-order valence-electron chi connectivity index (χ3n) is 7.53. The predicted octanol–water partition coefficient (Wildman–Crippen LogP) is 8.62. The molecule has 0 aliphatic carbocycles.